The van der Waals surface area contributed by atoms with Gasteiger partial charge >= 0.3 is 0 Å². The maximum atomic E-state index is 13.7. The standard InChI is InChI=1S/C20H17F2N3O2/c21-15-5-3-6-16(22)14(15)11-19(26)25-18(20(23)27)10-13-9-8-12-4-1-2-7-17(12)24-13/h1-9,18H,10-11H2,(H2,23,27)(H,25,26)/t18-/m0/s1. The molecule has 1 heterocycles. The van der Waals surface area contributed by atoms with Crippen molar-refractivity contribution >= 4 is 22.7 Å². The first-order valence-corrected chi connectivity index (χ1v) is 8.30. The highest BCUT2D eigenvalue weighted by Gasteiger charge is 2.21. The lowest BCUT2D eigenvalue weighted by Crippen LogP contribution is -2.46. The Balaban J connectivity index is 1.73. The van der Waals surface area contributed by atoms with Gasteiger partial charge in [0.2, 0.25) is 11.8 Å². The second-order valence-electron chi connectivity index (χ2n) is 6.10. The number of rotatable bonds is 6. The highest BCUT2D eigenvalue weighted by Crippen LogP contribution is 2.14. The third-order valence-electron chi connectivity index (χ3n) is 4.15. The predicted molar refractivity (Wildman–Crippen MR) is 96.6 cm³/mol. The van der Waals surface area contributed by atoms with Gasteiger partial charge in [0.15, 0.2) is 0 Å². The molecule has 0 saturated heterocycles. The summed E-state index contributed by atoms with van der Waals surface area (Å²) in [6.45, 7) is 0. The second-order valence-corrected chi connectivity index (χ2v) is 6.10. The second kappa shape index (κ2) is 7.90. The minimum atomic E-state index is -1.04. The van der Waals surface area contributed by atoms with Gasteiger partial charge in [0.05, 0.1) is 11.9 Å². The van der Waals surface area contributed by atoms with Crippen molar-refractivity contribution < 1.29 is 18.4 Å². The van der Waals surface area contributed by atoms with E-state index >= 15 is 0 Å². The maximum Gasteiger partial charge on any atom is 0.240 e. The number of amides is 2. The molecular weight excluding hydrogens is 352 g/mol. The van der Waals surface area contributed by atoms with Gasteiger partial charge in [0, 0.05) is 23.1 Å². The van der Waals surface area contributed by atoms with Crippen molar-refractivity contribution in [2.24, 2.45) is 5.73 Å². The normalized spacial score (nSPS) is 11.9. The number of carbonyl (C=O) groups excluding carboxylic acids is 2. The molecule has 7 heteroatoms. The fourth-order valence-corrected chi connectivity index (χ4v) is 2.76. The van der Waals surface area contributed by atoms with E-state index < -0.39 is 35.9 Å². The van der Waals surface area contributed by atoms with E-state index in [9.17, 15) is 18.4 Å². The zero-order valence-electron chi connectivity index (χ0n) is 14.3. The molecular formula is C20H17F2N3O2. The monoisotopic (exact) mass is 369 g/mol. The quantitative estimate of drug-likeness (QED) is 0.699. The topological polar surface area (TPSA) is 85.1 Å². The summed E-state index contributed by atoms with van der Waals surface area (Å²) in [7, 11) is 0. The Hall–Kier alpha value is -3.35. The molecule has 0 aliphatic rings. The van der Waals surface area contributed by atoms with Crippen LogP contribution in [-0.4, -0.2) is 22.8 Å². The van der Waals surface area contributed by atoms with Crippen molar-refractivity contribution in [2.45, 2.75) is 18.9 Å². The van der Waals surface area contributed by atoms with E-state index in [0.29, 0.717) is 5.69 Å². The molecule has 2 amide bonds. The molecule has 0 saturated carbocycles. The molecule has 5 nitrogen and oxygen atoms in total. The summed E-state index contributed by atoms with van der Waals surface area (Å²) in [5.41, 5.74) is 6.32. The molecule has 2 aromatic carbocycles. The number of nitrogens with two attached hydrogens (primary N) is 1. The average molecular weight is 369 g/mol. The summed E-state index contributed by atoms with van der Waals surface area (Å²) in [6, 6.07) is 13.4. The molecule has 0 radical (unpaired) electrons. The number of nitrogens with one attached hydrogen (secondary N) is 1. The predicted octanol–water partition coefficient (Wildman–Crippen LogP) is 2.27. The Labute approximate surface area is 154 Å². The number of carbonyl (C=O) groups is 2. The van der Waals surface area contributed by atoms with Crippen LogP contribution in [0.5, 0.6) is 0 Å². The number of primary amides is 1. The molecule has 3 rings (SSSR count). The number of benzene rings is 2. The van der Waals surface area contributed by atoms with Gasteiger partial charge < -0.3 is 11.1 Å². The first-order valence-electron chi connectivity index (χ1n) is 8.30. The van der Waals surface area contributed by atoms with Gasteiger partial charge in [-0.05, 0) is 24.3 Å². The zero-order valence-corrected chi connectivity index (χ0v) is 14.3. The number of hydrogen-bond donors (Lipinski definition) is 2. The van der Waals surface area contributed by atoms with E-state index in [-0.39, 0.29) is 12.0 Å². The lowest BCUT2D eigenvalue weighted by atomic mass is 10.1. The molecule has 0 spiro atoms. The third-order valence-corrected chi connectivity index (χ3v) is 4.15. The number of fused-ring (bicyclic) bond motifs is 1. The molecule has 1 aromatic heterocycles. The van der Waals surface area contributed by atoms with Crippen LogP contribution >= 0.6 is 0 Å². The molecule has 0 fully saturated rings. The zero-order chi connectivity index (χ0) is 19.4. The Morgan fingerprint density at radius 3 is 2.41 bits per heavy atom. The van der Waals surface area contributed by atoms with E-state index in [4.69, 9.17) is 5.73 Å². The molecule has 1 atom stereocenters. The minimum Gasteiger partial charge on any atom is -0.368 e. The van der Waals surface area contributed by atoms with Crippen LogP contribution in [0.3, 0.4) is 0 Å². The Bertz CT molecular complexity index is 987. The van der Waals surface area contributed by atoms with Crippen LogP contribution in [0, 0.1) is 11.6 Å². The third kappa shape index (κ3) is 4.44. The molecule has 138 valence electrons. The summed E-state index contributed by atoms with van der Waals surface area (Å²) in [4.78, 5) is 28.3. The lowest BCUT2D eigenvalue weighted by molar-refractivity contribution is -0.127. The summed E-state index contributed by atoms with van der Waals surface area (Å²) < 4.78 is 27.4. The largest absolute Gasteiger partial charge is 0.368 e. The van der Waals surface area contributed by atoms with Crippen molar-refractivity contribution in [2.75, 3.05) is 0 Å². The first kappa shape index (κ1) is 18.4. The Morgan fingerprint density at radius 2 is 1.70 bits per heavy atom. The maximum absolute atomic E-state index is 13.7. The van der Waals surface area contributed by atoms with Gasteiger partial charge in [-0.15, -0.1) is 0 Å². The van der Waals surface area contributed by atoms with Crippen LogP contribution in [0.2, 0.25) is 0 Å². The summed E-state index contributed by atoms with van der Waals surface area (Å²) in [5, 5.41) is 3.37. The van der Waals surface area contributed by atoms with Crippen LogP contribution in [-0.2, 0) is 22.4 Å². The van der Waals surface area contributed by atoms with E-state index in [1.54, 1.807) is 6.07 Å². The van der Waals surface area contributed by atoms with Gasteiger partial charge in [-0.25, -0.2) is 8.78 Å². The van der Waals surface area contributed by atoms with Crippen molar-refractivity contribution in [3.05, 3.63) is 77.5 Å². The average Bonchev–Trinajstić information content (AvgIpc) is 2.64. The molecule has 0 aliphatic carbocycles. The van der Waals surface area contributed by atoms with Gasteiger partial charge in [-0.1, -0.05) is 30.3 Å². The van der Waals surface area contributed by atoms with Crippen LogP contribution in [0.4, 0.5) is 8.78 Å². The van der Waals surface area contributed by atoms with Gasteiger partial charge in [-0.2, -0.15) is 0 Å². The summed E-state index contributed by atoms with van der Waals surface area (Å²) >= 11 is 0. The highest BCUT2D eigenvalue weighted by atomic mass is 19.1. The van der Waals surface area contributed by atoms with Crippen LogP contribution < -0.4 is 11.1 Å². The Morgan fingerprint density at radius 1 is 1.00 bits per heavy atom. The number of aromatic nitrogens is 1. The highest BCUT2D eigenvalue weighted by molar-refractivity contribution is 5.87. The minimum absolute atomic E-state index is 0.0751. The van der Waals surface area contributed by atoms with Crippen molar-refractivity contribution in [1.82, 2.24) is 10.3 Å². The molecule has 27 heavy (non-hydrogen) atoms. The van der Waals surface area contributed by atoms with Crippen molar-refractivity contribution in [3.8, 4) is 0 Å². The van der Waals surface area contributed by atoms with Crippen LogP contribution in [0.1, 0.15) is 11.3 Å². The van der Waals surface area contributed by atoms with Gasteiger partial charge in [0.25, 0.3) is 0 Å². The van der Waals surface area contributed by atoms with Crippen molar-refractivity contribution in [3.63, 3.8) is 0 Å². The molecule has 3 N–H and O–H groups in total. The van der Waals surface area contributed by atoms with E-state index in [2.05, 4.69) is 10.3 Å². The van der Waals surface area contributed by atoms with Gasteiger partial charge in [0.1, 0.15) is 17.7 Å². The van der Waals surface area contributed by atoms with E-state index in [0.717, 1.165) is 23.0 Å². The number of halogens is 2. The fraction of sp³-hybridized carbons (Fsp3) is 0.150. The molecule has 0 aliphatic heterocycles. The summed E-state index contributed by atoms with van der Waals surface area (Å²) in [6.07, 6.45) is -0.459. The molecule has 3 aromatic rings. The van der Waals surface area contributed by atoms with E-state index in [1.165, 1.54) is 6.07 Å². The van der Waals surface area contributed by atoms with Gasteiger partial charge in [-0.3, -0.25) is 14.6 Å². The molecule has 0 unspecified atom stereocenters. The fourth-order valence-electron chi connectivity index (χ4n) is 2.76. The van der Waals surface area contributed by atoms with E-state index in [1.807, 2.05) is 30.3 Å². The van der Waals surface area contributed by atoms with Crippen LogP contribution in [0.15, 0.2) is 54.6 Å². The Kier molecular flexibility index (Phi) is 5.40. The van der Waals surface area contributed by atoms with Crippen molar-refractivity contribution in [1.29, 1.82) is 0 Å². The smallest absolute Gasteiger partial charge is 0.240 e. The number of hydrogen-bond acceptors (Lipinski definition) is 3. The lowest BCUT2D eigenvalue weighted by Gasteiger charge is -2.16. The number of para-hydroxylation sites is 1. The number of pyridine rings is 1. The SMILES string of the molecule is NC(=O)[C@H](Cc1ccc2ccccc2n1)NC(=O)Cc1c(F)cccc1F. The molecule has 0 bridgehead atoms. The summed E-state index contributed by atoms with van der Waals surface area (Å²) in [5.74, 6) is -3.11. The number of nitrogens with zero attached hydrogens (tertiary/aromatic N) is 1. The first-order chi connectivity index (χ1) is 12.9. The van der Waals surface area contributed by atoms with Crippen LogP contribution in [0.25, 0.3) is 10.9 Å².